The van der Waals surface area contributed by atoms with E-state index >= 15 is 0 Å². The molecule has 0 unspecified atom stereocenters. The molecule has 0 aromatic heterocycles. The first-order valence-corrected chi connectivity index (χ1v) is 9.38. The Labute approximate surface area is 141 Å². The number of hydrogen-bond donors (Lipinski definition) is 2. The van der Waals surface area contributed by atoms with Crippen molar-refractivity contribution in [1.29, 1.82) is 0 Å². The molecule has 1 aliphatic carbocycles. The van der Waals surface area contributed by atoms with Crippen molar-refractivity contribution in [2.24, 2.45) is 0 Å². The molecule has 126 valence electrons. The Hall–Kier alpha value is -2.18. The van der Waals surface area contributed by atoms with Crippen LogP contribution in [0.5, 0.6) is 0 Å². The van der Waals surface area contributed by atoms with E-state index in [2.05, 4.69) is 4.72 Å². The van der Waals surface area contributed by atoms with Gasteiger partial charge in [-0.1, -0.05) is 36.4 Å². The van der Waals surface area contributed by atoms with E-state index in [1.807, 2.05) is 24.3 Å². The zero-order chi connectivity index (χ0) is 17.2. The molecule has 2 aromatic carbocycles. The molecule has 0 saturated carbocycles. The molecule has 5 nitrogen and oxygen atoms in total. The summed E-state index contributed by atoms with van der Waals surface area (Å²) in [6, 6.07) is 14.4. The molecular weight excluding hydrogens is 326 g/mol. The van der Waals surface area contributed by atoms with E-state index in [0.29, 0.717) is 19.3 Å². The Bertz CT molecular complexity index is 836. The van der Waals surface area contributed by atoms with Crippen LogP contribution in [0.15, 0.2) is 48.5 Å². The number of hydrogen-bond acceptors (Lipinski definition) is 3. The van der Waals surface area contributed by atoms with Crippen molar-refractivity contribution in [3.63, 3.8) is 0 Å². The molecule has 0 atom stereocenters. The van der Waals surface area contributed by atoms with Gasteiger partial charge in [0.2, 0.25) is 10.0 Å². The molecule has 24 heavy (non-hydrogen) atoms. The molecule has 0 fully saturated rings. The van der Waals surface area contributed by atoms with Crippen LogP contribution < -0.4 is 4.72 Å². The standard InChI is InChI=1S/C18H19NO4S/c20-18(21)16-7-3-4-13(10-16)8-9-19-24(22,23)17-11-14-5-1-2-6-15(14)12-17/h1-7,10,17,19H,8-9,11-12H2,(H,20,21). The van der Waals surface area contributed by atoms with Gasteiger partial charge in [0.25, 0.3) is 0 Å². The van der Waals surface area contributed by atoms with Gasteiger partial charge in [-0.25, -0.2) is 17.9 Å². The Balaban J connectivity index is 1.59. The smallest absolute Gasteiger partial charge is 0.335 e. The van der Waals surface area contributed by atoms with Gasteiger partial charge in [0.15, 0.2) is 0 Å². The Morgan fingerprint density at radius 3 is 2.38 bits per heavy atom. The number of nitrogens with one attached hydrogen (secondary N) is 1. The predicted molar refractivity (Wildman–Crippen MR) is 91.7 cm³/mol. The molecule has 1 aliphatic rings. The first-order chi connectivity index (χ1) is 11.5. The average molecular weight is 345 g/mol. The Morgan fingerprint density at radius 1 is 1.08 bits per heavy atom. The number of aromatic carboxylic acids is 1. The molecule has 6 heteroatoms. The van der Waals surface area contributed by atoms with Crippen LogP contribution in [-0.4, -0.2) is 31.3 Å². The lowest BCUT2D eigenvalue weighted by atomic mass is 10.1. The number of sulfonamides is 1. The Morgan fingerprint density at radius 2 is 1.75 bits per heavy atom. The van der Waals surface area contributed by atoms with Crippen LogP contribution in [0, 0.1) is 0 Å². The minimum Gasteiger partial charge on any atom is -0.478 e. The maximum atomic E-state index is 12.5. The van der Waals surface area contributed by atoms with Crippen LogP contribution in [0.2, 0.25) is 0 Å². The van der Waals surface area contributed by atoms with Crippen LogP contribution in [-0.2, 0) is 29.3 Å². The third kappa shape index (κ3) is 3.66. The summed E-state index contributed by atoms with van der Waals surface area (Å²) in [5.41, 5.74) is 3.21. The van der Waals surface area contributed by atoms with Gasteiger partial charge in [0.05, 0.1) is 10.8 Å². The van der Waals surface area contributed by atoms with Gasteiger partial charge in [0, 0.05) is 6.54 Å². The first kappa shape index (κ1) is 16.7. The zero-order valence-corrected chi connectivity index (χ0v) is 13.9. The minimum absolute atomic E-state index is 0.210. The SMILES string of the molecule is O=C(O)c1cccc(CCNS(=O)(=O)C2Cc3ccccc3C2)c1. The third-order valence-corrected chi connectivity index (χ3v) is 6.16. The molecule has 0 saturated heterocycles. The van der Waals surface area contributed by atoms with Crippen LogP contribution in [0.4, 0.5) is 0 Å². The van der Waals surface area contributed by atoms with Gasteiger partial charge in [-0.05, 0) is 48.1 Å². The minimum atomic E-state index is -3.39. The van der Waals surface area contributed by atoms with E-state index < -0.39 is 21.2 Å². The van der Waals surface area contributed by atoms with Crippen molar-refractivity contribution < 1.29 is 18.3 Å². The maximum absolute atomic E-state index is 12.5. The number of carboxylic acid groups (broad SMARTS) is 1. The number of benzene rings is 2. The van der Waals surface area contributed by atoms with Crippen molar-refractivity contribution in [3.8, 4) is 0 Å². The zero-order valence-electron chi connectivity index (χ0n) is 13.1. The lowest BCUT2D eigenvalue weighted by Gasteiger charge is -2.12. The summed E-state index contributed by atoms with van der Waals surface area (Å²) in [5, 5.41) is 8.55. The second kappa shape index (κ2) is 6.75. The average Bonchev–Trinajstić information content (AvgIpc) is 3.00. The largest absolute Gasteiger partial charge is 0.478 e. The van der Waals surface area contributed by atoms with Gasteiger partial charge in [-0.3, -0.25) is 0 Å². The van der Waals surface area contributed by atoms with Crippen LogP contribution in [0.25, 0.3) is 0 Å². The van der Waals surface area contributed by atoms with E-state index in [1.54, 1.807) is 18.2 Å². The third-order valence-electron chi connectivity index (χ3n) is 4.34. The Kier molecular flexibility index (Phi) is 4.69. The lowest BCUT2D eigenvalue weighted by molar-refractivity contribution is 0.0696. The molecule has 0 spiro atoms. The van der Waals surface area contributed by atoms with Crippen LogP contribution in [0.1, 0.15) is 27.0 Å². The number of carbonyl (C=O) groups is 1. The summed E-state index contributed by atoms with van der Waals surface area (Å²) < 4.78 is 27.6. The van der Waals surface area contributed by atoms with E-state index in [9.17, 15) is 13.2 Å². The van der Waals surface area contributed by atoms with Crippen molar-refractivity contribution in [3.05, 3.63) is 70.8 Å². The van der Waals surface area contributed by atoms with Crippen LogP contribution >= 0.6 is 0 Å². The first-order valence-electron chi connectivity index (χ1n) is 7.83. The molecule has 0 aliphatic heterocycles. The molecule has 0 heterocycles. The molecule has 0 radical (unpaired) electrons. The highest BCUT2D eigenvalue weighted by molar-refractivity contribution is 7.90. The number of fused-ring (bicyclic) bond motifs is 1. The van der Waals surface area contributed by atoms with E-state index in [1.165, 1.54) is 6.07 Å². The second-order valence-electron chi connectivity index (χ2n) is 5.99. The van der Waals surface area contributed by atoms with E-state index in [4.69, 9.17) is 5.11 Å². The van der Waals surface area contributed by atoms with E-state index in [-0.39, 0.29) is 12.1 Å². The molecule has 2 N–H and O–H groups in total. The predicted octanol–water partition coefficient (Wildman–Crippen LogP) is 2.01. The second-order valence-corrected chi connectivity index (χ2v) is 8.04. The van der Waals surface area contributed by atoms with Gasteiger partial charge < -0.3 is 5.11 Å². The van der Waals surface area contributed by atoms with Crippen molar-refractivity contribution >= 4 is 16.0 Å². The van der Waals surface area contributed by atoms with Gasteiger partial charge >= 0.3 is 5.97 Å². The molecule has 2 aromatic rings. The van der Waals surface area contributed by atoms with E-state index in [0.717, 1.165) is 16.7 Å². The summed E-state index contributed by atoms with van der Waals surface area (Å²) in [6.45, 7) is 0.262. The summed E-state index contributed by atoms with van der Waals surface area (Å²) in [7, 11) is -3.39. The van der Waals surface area contributed by atoms with Gasteiger partial charge in [-0.2, -0.15) is 0 Å². The maximum Gasteiger partial charge on any atom is 0.335 e. The topological polar surface area (TPSA) is 83.5 Å². The summed E-state index contributed by atoms with van der Waals surface area (Å²) in [5.74, 6) is -0.985. The summed E-state index contributed by atoms with van der Waals surface area (Å²) in [6.07, 6.45) is 1.54. The normalized spacial score (nSPS) is 14.5. The highest BCUT2D eigenvalue weighted by atomic mass is 32.2. The fourth-order valence-electron chi connectivity index (χ4n) is 3.05. The monoisotopic (exact) mass is 345 g/mol. The summed E-state index contributed by atoms with van der Waals surface area (Å²) in [4.78, 5) is 11.0. The lowest BCUT2D eigenvalue weighted by Crippen LogP contribution is -2.36. The highest BCUT2D eigenvalue weighted by Crippen LogP contribution is 2.25. The molecule has 0 amide bonds. The van der Waals surface area contributed by atoms with Crippen LogP contribution in [0.3, 0.4) is 0 Å². The van der Waals surface area contributed by atoms with Gasteiger partial charge in [0.1, 0.15) is 0 Å². The van der Waals surface area contributed by atoms with Crippen molar-refractivity contribution in [1.82, 2.24) is 4.72 Å². The summed E-state index contributed by atoms with van der Waals surface area (Å²) >= 11 is 0. The molecule has 0 bridgehead atoms. The number of rotatable bonds is 6. The van der Waals surface area contributed by atoms with Crippen molar-refractivity contribution in [2.45, 2.75) is 24.5 Å². The fourth-order valence-corrected chi connectivity index (χ4v) is 4.47. The van der Waals surface area contributed by atoms with Crippen molar-refractivity contribution in [2.75, 3.05) is 6.54 Å². The fraction of sp³-hybridized carbons (Fsp3) is 0.278. The highest BCUT2D eigenvalue weighted by Gasteiger charge is 2.31. The molecular formula is C18H19NO4S. The quantitative estimate of drug-likeness (QED) is 0.839. The molecule has 3 rings (SSSR count). The van der Waals surface area contributed by atoms with Gasteiger partial charge in [-0.15, -0.1) is 0 Å². The number of carboxylic acids is 1.